The number of hydrogen-bond donors (Lipinski definition) is 3. The van der Waals surface area contributed by atoms with Gasteiger partial charge in [-0.3, -0.25) is 10.1 Å². The lowest BCUT2D eigenvalue weighted by atomic mass is 10.2. The molecule has 0 aliphatic heterocycles. The van der Waals surface area contributed by atoms with Crippen LogP contribution in [0.15, 0.2) is 29.2 Å². The van der Waals surface area contributed by atoms with Gasteiger partial charge in [-0.25, -0.2) is 22.7 Å². The molecule has 1 fully saturated rings. The fourth-order valence-electron chi connectivity index (χ4n) is 1.83. The molecule has 0 saturated heterocycles. The van der Waals surface area contributed by atoms with Crippen molar-refractivity contribution in [2.24, 2.45) is 0 Å². The molecule has 0 heterocycles. The Labute approximate surface area is 145 Å². The molecule has 1 saturated carbocycles. The minimum atomic E-state index is -3.61. The summed E-state index contributed by atoms with van der Waals surface area (Å²) < 4.78 is 30.4. The van der Waals surface area contributed by atoms with Crippen molar-refractivity contribution >= 4 is 27.9 Å². The number of ether oxygens (including phenoxy) is 1. The first-order valence-corrected chi connectivity index (χ1v) is 9.07. The molecule has 2 rings (SSSR count). The van der Waals surface area contributed by atoms with Gasteiger partial charge >= 0.3 is 12.0 Å². The minimum absolute atomic E-state index is 0.00547. The van der Waals surface area contributed by atoms with Crippen molar-refractivity contribution in [2.75, 3.05) is 7.05 Å². The fourth-order valence-corrected chi connectivity index (χ4v) is 2.56. The van der Waals surface area contributed by atoms with Crippen LogP contribution in [-0.2, 0) is 19.6 Å². The molecule has 3 N–H and O–H groups in total. The summed E-state index contributed by atoms with van der Waals surface area (Å²) in [7, 11) is -2.33. The summed E-state index contributed by atoms with van der Waals surface area (Å²) in [4.78, 5) is 35.3. The number of carbonyl (C=O) groups is 3. The molecule has 1 unspecified atom stereocenters. The predicted octanol–water partition coefficient (Wildman–Crippen LogP) is 0.128. The number of urea groups is 1. The summed E-state index contributed by atoms with van der Waals surface area (Å²) in [6.45, 7) is 1.33. The molecule has 0 aromatic heterocycles. The van der Waals surface area contributed by atoms with Gasteiger partial charge < -0.3 is 10.1 Å². The van der Waals surface area contributed by atoms with Crippen LogP contribution in [0.2, 0.25) is 0 Å². The van der Waals surface area contributed by atoms with Gasteiger partial charge in [0.15, 0.2) is 6.10 Å². The third-order valence-corrected chi connectivity index (χ3v) is 4.90. The van der Waals surface area contributed by atoms with Crippen LogP contribution in [0.4, 0.5) is 4.79 Å². The van der Waals surface area contributed by atoms with Gasteiger partial charge in [-0.2, -0.15) is 0 Å². The molecule has 1 aliphatic carbocycles. The van der Waals surface area contributed by atoms with Gasteiger partial charge in [0, 0.05) is 6.04 Å². The molecule has 0 radical (unpaired) electrons. The number of rotatable bonds is 6. The molecule has 9 nitrogen and oxygen atoms in total. The Hall–Kier alpha value is -2.46. The van der Waals surface area contributed by atoms with E-state index < -0.39 is 34.0 Å². The molecule has 10 heteroatoms. The lowest BCUT2D eigenvalue weighted by Gasteiger charge is -2.13. The van der Waals surface area contributed by atoms with E-state index in [1.165, 1.54) is 38.2 Å². The predicted molar refractivity (Wildman–Crippen MR) is 87.3 cm³/mol. The number of amides is 3. The smallest absolute Gasteiger partial charge is 0.338 e. The molecular weight excluding hydrogens is 350 g/mol. The van der Waals surface area contributed by atoms with Crippen LogP contribution < -0.4 is 15.4 Å². The van der Waals surface area contributed by atoms with Gasteiger partial charge in [0.1, 0.15) is 0 Å². The molecule has 1 aliphatic rings. The summed E-state index contributed by atoms with van der Waals surface area (Å²) in [5.41, 5.74) is 0.0807. The average molecular weight is 369 g/mol. The average Bonchev–Trinajstić information content (AvgIpc) is 3.38. The van der Waals surface area contributed by atoms with Crippen LogP contribution in [-0.4, -0.2) is 45.5 Å². The van der Waals surface area contributed by atoms with Crippen molar-refractivity contribution in [3.8, 4) is 0 Å². The maximum absolute atomic E-state index is 12.0. The number of benzene rings is 1. The number of nitrogens with one attached hydrogen (secondary N) is 3. The Morgan fingerprint density at radius 3 is 2.28 bits per heavy atom. The maximum Gasteiger partial charge on any atom is 0.338 e. The van der Waals surface area contributed by atoms with E-state index in [4.69, 9.17) is 4.74 Å². The third-order valence-electron chi connectivity index (χ3n) is 3.47. The first-order chi connectivity index (χ1) is 11.7. The van der Waals surface area contributed by atoms with E-state index >= 15 is 0 Å². The van der Waals surface area contributed by atoms with E-state index in [9.17, 15) is 22.8 Å². The molecule has 1 aromatic carbocycles. The van der Waals surface area contributed by atoms with Crippen molar-refractivity contribution in [1.82, 2.24) is 15.4 Å². The normalized spacial score (nSPS) is 15.1. The summed E-state index contributed by atoms with van der Waals surface area (Å²) >= 11 is 0. The van der Waals surface area contributed by atoms with Crippen molar-refractivity contribution in [3.63, 3.8) is 0 Å². The van der Waals surface area contributed by atoms with Crippen molar-refractivity contribution in [3.05, 3.63) is 29.8 Å². The molecule has 1 atom stereocenters. The Morgan fingerprint density at radius 1 is 1.16 bits per heavy atom. The van der Waals surface area contributed by atoms with Crippen LogP contribution in [0.5, 0.6) is 0 Å². The largest absolute Gasteiger partial charge is 0.449 e. The van der Waals surface area contributed by atoms with E-state index in [-0.39, 0.29) is 16.5 Å². The Balaban J connectivity index is 1.91. The second-order valence-electron chi connectivity index (χ2n) is 5.52. The van der Waals surface area contributed by atoms with E-state index in [1.807, 2.05) is 0 Å². The Bertz CT molecular complexity index is 771. The SMILES string of the molecule is CNS(=O)(=O)c1ccc(C(=O)OC(C)C(=O)NC(=O)NC2CC2)cc1. The van der Waals surface area contributed by atoms with Crippen molar-refractivity contribution < 1.29 is 27.5 Å². The fraction of sp³-hybridized carbons (Fsp3) is 0.400. The highest BCUT2D eigenvalue weighted by Gasteiger charge is 2.26. The van der Waals surface area contributed by atoms with Crippen LogP contribution in [0, 0.1) is 0 Å². The zero-order chi connectivity index (χ0) is 18.6. The van der Waals surface area contributed by atoms with Crippen LogP contribution >= 0.6 is 0 Å². The molecule has 3 amide bonds. The van der Waals surface area contributed by atoms with Gasteiger partial charge in [0.25, 0.3) is 5.91 Å². The molecule has 0 bridgehead atoms. The molecule has 1 aromatic rings. The quantitative estimate of drug-likeness (QED) is 0.611. The van der Waals surface area contributed by atoms with Gasteiger partial charge in [0.2, 0.25) is 10.0 Å². The third kappa shape index (κ3) is 5.26. The highest BCUT2D eigenvalue weighted by Crippen LogP contribution is 2.18. The zero-order valence-corrected chi connectivity index (χ0v) is 14.6. The number of carbonyl (C=O) groups excluding carboxylic acids is 3. The van der Waals surface area contributed by atoms with Gasteiger partial charge in [-0.05, 0) is 51.1 Å². The second-order valence-corrected chi connectivity index (χ2v) is 7.40. The van der Waals surface area contributed by atoms with Crippen molar-refractivity contribution in [2.45, 2.75) is 36.8 Å². The highest BCUT2D eigenvalue weighted by molar-refractivity contribution is 7.89. The summed E-state index contributed by atoms with van der Waals surface area (Å²) in [5, 5.41) is 4.67. The standard InChI is InChI=1S/C15H19N3O6S/c1-9(13(19)18-15(21)17-11-5-6-11)24-14(20)10-3-7-12(8-4-10)25(22,23)16-2/h3-4,7-9,11,16H,5-6H2,1-2H3,(H2,17,18,19,21). The first-order valence-electron chi connectivity index (χ1n) is 7.59. The van der Waals surface area contributed by atoms with Gasteiger partial charge in [0.05, 0.1) is 10.5 Å². The number of esters is 1. The van der Waals surface area contributed by atoms with E-state index in [2.05, 4.69) is 15.4 Å². The number of imide groups is 1. The topological polar surface area (TPSA) is 131 Å². The van der Waals surface area contributed by atoms with E-state index in [0.29, 0.717) is 0 Å². The Morgan fingerprint density at radius 2 is 1.76 bits per heavy atom. The van der Waals surface area contributed by atoms with Crippen LogP contribution in [0.25, 0.3) is 0 Å². The summed E-state index contributed by atoms with van der Waals surface area (Å²) in [5.74, 6) is -1.56. The summed E-state index contributed by atoms with van der Waals surface area (Å²) in [6, 6.07) is 4.51. The molecule has 136 valence electrons. The van der Waals surface area contributed by atoms with E-state index in [0.717, 1.165) is 12.8 Å². The van der Waals surface area contributed by atoms with Crippen LogP contribution in [0.1, 0.15) is 30.1 Å². The number of hydrogen-bond acceptors (Lipinski definition) is 6. The highest BCUT2D eigenvalue weighted by atomic mass is 32.2. The Kier molecular flexibility index (Phi) is 5.75. The van der Waals surface area contributed by atoms with E-state index in [1.54, 1.807) is 0 Å². The maximum atomic E-state index is 12.0. The monoisotopic (exact) mass is 369 g/mol. The molecular formula is C15H19N3O6S. The number of sulfonamides is 1. The molecule has 0 spiro atoms. The van der Waals surface area contributed by atoms with Gasteiger partial charge in [-0.15, -0.1) is 0 Å². The van der Waals surface area contributed by atoms with Gasteiger partial charge in [-0.1, -0.05) is 0 Å². The van der Waals surface area contributed by atoms with Crippen LogP contribution in [0.3, 0.4) is 0 Å². The zero-order valence-electron chi connectivity index (χ0n) is 13.7. The first kappa shape index (κ1) is 18.9. The van der Waals surface area contributed by atoms with Crippen molar-refractivity contribution in [1.29, 1.82) is 0 Å². The molecule has 25 heavy (non-hydrogen) atoms. The second kappa shape index (κ2) is 7.62. The lowest BCUT2D eigenvalue weighted by molar-refractivity contribution is -0.127. The minimum Gasteiger partial charge on any atom is -0.449 e. The summed E-state index contributed by atoms with van der Waals surface area (Å²) in [6.07, 6.45) is 0.578. The lowest BCUT2D eigenvalue weighted by Crippen LogP contribution is -2.45.